The third-order valence-electron chi connectivity index (χ3n) is 9.30. The van der Waals surface area contributed by atoms with Gasteiger partial charge in [0.2, 0.25) is 0 Å². The van der Waals surface area contributed by atoms with Crippen molar-refractivity contribution in [3.8, 4) is 0 Å². The van der Waals surface area contributed by atoms with Gasteiger partial charge in [0.15, 0.2) is 0 Å². The van der Waals surface area contributed by atoms with E-state index in [4.69, 9.17) is 4.99 Å². The Labute approximate surface area is 276 Å². The lowest BCUT2D eigenvalue weighted by molar-refractivity contribution is 0.263. The van der Waals surface area contributed by atoms with Gasteiger partial charge >= 0.3 is 0 Å². The zero-order valence-electron chi connectivity index (χ0n) is 28.3. The van der Waals surface area contributed by atoms with Gasteiger partial charge in [-0.2, -0.15) is 0 Å². The summed E-state index contributed by atoms with van der Waals surface area (Å²) in [6.45, 7) is 34.6. The maximum Gasteiger partial charge on any atom is 0.125 e. The van der Waals surface area contributed by atoms with Gasteiger partial charge in [-0.1, -0.05) is 82.0 Å². The monoisotopic (exact) mass is 611 g/mol. The van der Waals surface area contributed by atoms with Crippen LogP contribution in [0.5, 0.6) is 0 Å². The molecule has 0 amide bonds. The molecular weight excluding hydrogens is 562 g/mol. The van der Waals surface area contributed by atoms with Crippen LogP contribution in [0.15, 0.2) is 167 Å². The second-order valence-electron chi connectivity index (χ2n) is 12.2. The molecule has 0 bridgehead atoms. The zero-order valence-corrected chi connectivity index (χ0v) is 28.3. The molecule has 0 aromatic heterocycles. The summed E-state index contributed by atoms with van der Waals surface area (Å²) >= 11 is 0. The standard InChI is InChI=1S/C41H49N5/c1-12-27(4)29(6)36-18-19-38(35(13-2)24-36)44-32(9)41(10)21-20-37(45-40(14-3)46(41)11)31(8)42-25-33-16-15-17-34(23-33)26-43-39-22-28(5)30(39)7/h12-17,20-23,38,42-44H,1-2,5,7-9,18-19,25-26H2,3-4,6,10-11H3/b29-27+,40-14-. The van der Waals surface area contributed by atoms with E-state index in [0.29, 0.717) is 6.54 Å². The Morgan fingerprint density at radius 1 is 1.15 bits per heavy atom. The van der Waals surface area contributed by atoms with Crippen molar-refractivity contribution < 1.29 is 0 Å². The summed E-state index contributed by atoms with van der Waals surface area (Å²) in [5.74, 6) is 0.835. The van der Waals surface area contributed by atoms with Crippen LogP contribution in [0.25, 0.3) is 0 Å². The maximum atomic E-state index is 5.00. The average molecular weight is 612 g/mol. The molecular formula is C41H49N5. The van der Waals surface area contributed by atoms with Crippen LogP contribution in [0, 0.1) is 0 Å². The first-order chi connectivity index (χ1) is 21.9. The Morgan fingerprint density at radius 3 is 2.50 bits per heavy atom. The minimum atomic E-state index is -0.548. The summed E-state index contributed by atoms with van der Waals surface area (Å²) in [5, 5.41) is 10.6. The van der Waals surface area contributed by atoms with Crippen LogP contribution in [-0.4, -0.2) is 29.2 Å². The number of likely N-dealkylation sites (N-methyl/N-ethyl adjacent to an activating group) is 1. The molecule has 1 aromatic rings. The minimum Gasteiger partial charge on any atom is -0.380 e. The molecule has 1 aromatic carbocycles. The Morgan fingerprint density at radius 2 is 1.87 bits per heavy atom. The lowest BCUT2D eigenvalue weighted by Gasteiger charge is -2.41. The molecule has 0 saturated carbocycles. The highest BCUT2D eigenvalue weighted by Crippen LogP contribution is 2.33. The minimum absolute atomic E-state index is 0.0632. The van der Waals surface area contributed by atoms with Crippen molar-refractivity contribution in [1.29, 1.82) is 0 Å². The van der Waals surface area contributed by atoms with E-state index < -0.39 is 5.54 Å². The number of rotatable bonds is 13. The van der Waals surface area contributed by atoms with E-state index in [1.54, 1.807) is 0 Å². The van der Waals surface area contributed by atoms with Gasteiger partial charge in [0.25, 0.3) is 0 Å². The lowest BCUT2D eigenvalue weighted by atomic mass is 9.87. The SMILES string of the molecule is C=CC1=C=C(/C(C)=C(\C)C=C)CCC1NC(=C)C1(C)C=CC(C(=C)NCc2cccc(CNC3=CC(=C)C3=C)c2)=N/C(=C/C)N1C. The normalized spacial score (nSPS) is 22.3. The highest BCUT2D eigenvalue weighted by Gasteiger charge is 2.35. The fraction of sp³-hybridized carbons (Fsp3) is 0.268. The van der Waals surface area contributed by atoms with Crippen molar-refractivity contribution in [2.24, 2.45) is 4.99 Å². The summed E-state index contributed by atoms with van der Waals surface area (Å²) in [5.41, 5.74) is 15.5. The van der Waals surface area contributed by atoms with E-state index in [1.165, 1.54) is 22.3 Å². The Hall–Kier alpha value is -4.99. The molecule has 46 heavy (non-hydrogen) atoms. The van der Waals surface area contributed by atoms with Crippen LogP contribution in [-0.2, 0) is 13.1 Å². The van der Waals surface area contributed by atoms with Crippen LogP contribution in [0.2, 0.25) is 0 Å². The molecule has 238 valence electrons. The van der Waals surface area contributed by atoms with Gasteiger partial charge in [-0.15, -0.1) is 5.73 Å². The highest BCUT2D eigenvalue weighted by molar-refractivity contribution is 6.08. The summed E-state index contributed by atoms with van der Waals surface area (Å²) in [6.07, 6.45) is 13.9. The highest BCUT2D eigenvalue weighted by atomic mass is 15.3. The zero-order chi connectivity index (χ0) is 33.6. The van der Waals surface area contributed by atoms with E-state index in [1.807, 2.05) is 37.3 Å². The molecule has 4 rings (SSSR count). The van der Waals surface area contributed by atoms with Crippen LogP contribution in [0.4, 0.5) is 0 Å². The molecule has 0 saturated heterocycles. The fourth-order valence-corrected chi connectivity index (χ4v) is 5.64. The molecule has 2 aliphatic carbocycles. The molecule has 3 N–H and O–H groups in total. The molecule has 5 heteroatoms. The second kappa shape index (κ2) is 14.4. The van der Waals surface area contributed by atoms with Crippen molar-refractivity contribution in [3.05, 3.63) is 173 Å². The summed E-state index contributed by atoms with van der Waals surface area (Å²) in [7, 11) is 2.05. The van der Waals surface area contributed by atoms with E-state index in [-0.39, 0.29) is 6.04 Å². The first-order valence-electron chi connectivity index (χ1n) is 15.8. The van der Waals surface area contributed by atoms with Gasteiger partial charge in [-0.3, -0.25) is 0 Å². The molecule has 1 heterocycles. The second-order valence-corrected chi connectivity index (χ2v) is 12.2. The number of nitrogens with zero attached hydrogens (tertiary/aromatic N) is 2. The predicted octanol–water partition coefficient (Wildman–Crippen LogP) is 8.38. The molecule has 0 fully saturated rings. The number of hydrogen-bond donors (Lipinski definition) is 3. The molecule has 0 spiro atoms. The number of benzene rings is 1. The largest absolute Gasteiger partial charge is 0.380 e. The number of aliphatic imine (C=N–C) groups is 1. The van der Waals surface area contributed by atoms with Crippen molar-refractivity contribution in [2.45, 2.75) is 65.2 Å². The first kappa shape index (κ1) is 33.9. The smallest absolute Gasteiger partial charge is 0.125 e. The van der Waals surface area contributed by atoms with Crippen molar-refractivity contribution in [3.63, 3.8) is 0 Å². The number of hydrogen-bond acceptors (Lipinski definition) is 5. The van der Waals surface area contributed by atoms with E-state index in [9.17, 15) is 0 Å². The number of allylic oxidation sites excluding steroid dienone is 7. The Kier molecular flexibility index (Phi) is 10.6. The Bertz CT molecular complexity index is 1710. The summed E-state index contributed by atoms with van der Waals surface area (Å²) in [6, 6.07) is 8.57. The maximum absolute atomic E-state index is 5.00. The number of nitrogens with one attached hydrogen (secondary N) is 3. The third-order valence-corrected chi connectivity index (χ3v) is 9.30. The van der Waals surface area contributed by atoms with E-state index in [0.717, 1.165) is 70.3 Å². The summed E-state index contributed by atoms with van der Waals surface area (Å²) in [4.78, 5) is 7.15. The van der Waals surface area contributed by atoms with Crippen molar-refractivity contribution in [2.75, 3.05) is 7.05 Å². The predicted molar refractivity (Wildman–Crippen MR) is 197 cm³/mol. The molecule has 5 nitrogen and oxygen atoms in total. The van der Waals surface area contributed by atoms with Crippen molar-refractivity contribution in [1.82, 2.24) is 20.9 Å². The molecule has 2 unspecified atom stereocenters. The van der Waals surface area contributed by atoms with Crippen LogP contribution in [0.3, 0.4) is 0 Å². The quantitative estimate of drug-likeness (QED) is 0.155. The van der Waals surface area contributed by atoms with Crippen LogP contribution in [0.1, 0.15) is 51.7 Å². The third kappa shape index (κ3) is 7.28. The van der Waals surface area contributed by atoms with Crippen molar-refractivity contribution >= 4 is 5.71 Å². The van der Waals surface area contributed by atoms with E-state index in [2.05, 4.69) is 124 Å². The average Bonchev–Trinajstić information content (AvgIpc) is 3.20. The van der Waals surface area contributed by atoms with Crippen LogP contribution < -0.4 is 16.0 Å². The molecule has 3 aliphatic rings. The van der Waals surface area contributed by atoms with Gasteiger partial charge in [-0.05, 0) is 97.8 Å². The van der Waals surface area contributed by atoms with Gasteiger partial charge in [0.1, 0.15) is 5.82 Å². The first-order valence-corrected chi connectivity index (χ1v) is 15.8. The Balaban J connectivity index is 1.46. The van der Waals surface area contributed by atoms with Crippen LogP contribution >= 0.6 is 0 Å². The van der Waals surface area contributed by atoms with Gasteiger partial charge in [-0.25, -0.2) is 4.99 Å². The fourth-order valence-electron chi connectivity index (χ4n) is 5.64. The van der Waals surface area contributed by atoms with Gasteiger partial charge in [0.05, 0.1) is 23.0 Å². The molecule has 2 atom stereocenters. The molecule has 0 radical (unpaired) electrons. The molecule has 1 aliphatic heterocycles. The topological polar surface area (TPSA) is 51.7 Å². The van der Waals surface area contributed by atoms with Gasteiger partial charge < -0.3 is 20.9 Å². The van der Waals surface area contributed by atoms with E-state index >= 15 is 0 Å². The summed E-state index contributed by atoms with van der Waals surface area (Å²) < 4.78 is 0. The van der Waals surface area contributed by atoms with Gasteiger partial charge in [0, 0.05) is 37.1 Å². The lowest BCUT2D eigenvalue weighted by Crippen LogP contribution is -2.48.